The monoisotopic (exact) mass is 281 g/mol. The van der Waals surface area contributed by atoms with Gasteiger partial charge in [-0.2, -0.15) is 5.10 Å². The molecule has 1 aromatic heterocycles. The molecule has 0 atom stereocenters. The van der Waals surface area contributed by atoms with Gasteiger partial charge in [0.15, 0.2) is 0 Å². The molecule has 0 saturated carbocycles. The van der Waals surface area contributed by atoms with Crippen molar-refractivity contribution in [3.8, 4) is 0 Å². The van der Waals surface area contributed by atoms with Crippen LogP contribution in [0.1, 0.15) is 51.4 Å². The number of rotatable bonds is 5. The largest absolute Gasteiger partial charge is 0.481 e. The minimum atomic E-state index is -0.868. The van der Waals surface area contributed by atoms with Gasteiger partial charge in [-0.1, -0.05) is 0 Å². The van der Waals surface area contributed by atoms with Crippen LogP contribution in [-0.2, 0) is 10.3 Å². The normalized spacial score (nSPS) is 12.2. The number of carboxylic acid groups (broad SMARTS) is 1. The highest BCUT2D eigenvalue weighted by atomic mass is 16.4. The van der Waals surface area contributed by atoms with Gasteiger partial charge in [0.2, 0.25) is 0 Å². The lowest BCUT2D eigenvalue weighted by Gasteiger charge is -2.19. The van der Waals surface area contributed by atoms with E-state index in [9.17, 15) is 9.59 Å². The molecule has 20 heavy (non-hydrogen) atoms. The SMILES string of the molecule is CC(C)(CCNC(=O)c1cnn(C(C)(C)C)c1)C(=O)O. The number of nitrogens with zero attached hydrogens (tertiary/aromatic N) is 2. The number of hydrogen-bond acceptors (Lipinski definition) is 3. The summed E-state index contributed by atoms with van der Waals surface area (Å²) in [5.41, 5.74) is -0.541. The first-order valence-electron chi connectivity index (χ1n) is 6.61. The van der Waals surface area contributed by atoms with Crippen molar-refractivity contribution < 1.29 is 14.7 Å². The van der Waals surface area contributed by atoms with E-state index in [0.29, 0.717) is 18.5 Å². The molecule has 0 aliphatic heterocycles. The second-order valence-corrected chi connectivity index (χ2v) is 6.54. The van der Waals surface area contributed by atoms with E-state index in [1.165, 1.54) is 6.20 Å². The van der Waals surface area contributed by atoms with Crippen molar-refractivity contribution in [2.24, 2.45) is 5.41 Å². The number of carbonyl (C=O) groups is 2. The highest BCUT2D eigenvalue weighted by Crippen LogP contribution is 2.19. The summed E-state index contributed by atoms with van der Waals surface area (Å²) in [5, 5.41) is 15.9. The maximum Gasteiger partial charge on any atom is 0.309 e. The summed E-state index contributed by atoms with van der Waals surface area (Å²) in [4.78, 5) is 22.9. The first kappa shape index (κ1) is 16.2. The average molecular weight is 281 g/mol. The summed E-state index contributed by atoms with van der Waals surface area (Å²) in [6.07, 6.45) is 3.59. The third kappa shape index (κ3) is 4.08. The van der Waals surface area contributed by atoms with E-state index >= 15 is 0 Å². The van der Waals surface area contributed by atoms with Gasteiger partial charge in [-0.15, -0.1) is 0 Å². The zero-order valence-corrected chi connectivity index (χ0v) is 12.7. The summed E-state index contributed by atoms with van der Waals surface area (Å²) >= 11 is 0. The van der Waals surface area contributed by atoms with Crippen LogP contribution in [0, 0.1) is 5.41 Å². The molecule has 0 fully saturated rings. The van der Waals surface area contributed by atoms with E-state index in [0.717, 1.165) is 0 Å². The van der Waals surface area contributed by atoms with E-state index in [1.807, 2.05) is 20.8 Å². The van der Waals surface area contributed by atoms with Gasteiger partial charge >= 0.3 is 5.97 Å². The zero-order valence-electron chi connectivity index (χ0n) is 12.7. The predicted octanol–water partition coefficient (Wildman–Crippen LogP) is 1.87. The molecule has 1 heterocycles. The number of carbonyl (C=O) groups excluding carboxylic acids is 1. The molecule has 6 heteroatoms. The van der Waals surface area contributed by atoms with Gasteiger partial charge < -0.3 is 10.4 Å². The summed E-state index contributed by atoms with van der Waals surface area (Å²) < 4.78 is 1.73. The quantitative estimate of drug-likeness (QED) is 0.863. The fourth-order valence-electron chi connectivity index (χ4n) is 1.50. The van der Waals surface area contributed by atoms with E-state index in [2.05, 4.69) is 10.4 Å². The Morgan fingerprint density at radius 1 is 1.30 bits per heavy atom. The molecule has 0 radical (unpaired) electrons. The second kappa shape index (κ2) is 5.64. The number of hydrogen-bond donors (Lipinski definition) is 2. The lowest BCUT2D eigenvalue weighted by Crippen LogP contribution is -2.31. The minimum absolute atomic E-state index is 0.177. The van der Waals surface area contributed by atoms with E-state index in [-0.39, 0.29) is 11.4 Å². The van der Waals surface area contributed by atoms with Crippen LogP contribution in [0.3, 0.4) is 0 Å². The maximum absolute atomic E-state index is 11.9. The molecule has 0 aromatic carbocycles. The summed E-state index contributed by atoms with van der Waals surface area (Å²) in [5.74, 6) is -1.10. The first-order valence-corrected chi connectivity index (χ1v) is 6.61. The zero-order chi connectivity index (χ0) is 15.6. The summed E-state index contributed by atoms with van der Waals surface area (Å²) in [7, 11) is 0. The number of aliphatic carboxylic acids is 1. The van der Waals surface area contributed by atoms with Crippen LogP contribution >= 0.6 is 0 Å². The van der Waals surface area contributed by atoms with Crippen LogP contribution in [-0.4, -0.2) is 33.3 Å². The van der Waals surface area contributed by atoms with Crippen molar-refractivity contribution in [3.05, 3.63) is 18.0 Å². The van der Waals surface area contributed by atoms with Crippen LogP contribution < -0.4 is 5.32 Å². The molecular weight excluding hydrogens is 258 g/mol. The minimum Gasteiger partial charge on any atom is -0.481 e. The van der Waals surface area contributed by atoms with Crippen molar-refractivity contribution in [3.63, 3.8) is 0 Å². The Bertz CT molecular complexity index is 498. The Morgan fingerprint density at radius 2 is 1.90 bits per heavy atom. The van der Waals surface area contributed by atoms with Gasteiger partial charge in [-0.25, -0.2) is 0 Å². The Morgan fingerprint density at radius 3 is 2.35 bits per heavy atom. The van der Waals surface area contributed by atoms with Gasteiger partial charge in [-0.05, 0) is 41.0 Å². The highest BCUT2D eigenvalue weighted by Gasteiger charge is 2.26. The van der Waals surface area contributed by atoms with Crippen molar-refractivity contribution in [1.82, 2.24) is 15.1 Å². The Balaban J connectivity index is 2.56. The highest BCUT2D eigenvalue weighted by molar-refractivity contribution is 5.93. The number of carboxylic acids is 1. The van der Waals surface area contributed by atoms with E-state index < -0.39 is 11.4 Å². The molecule has 0 saturated heterocycles. The number of aromatic nitrogens is 2. The number of amides is 1. The molecule has 1 rings (SSSR count). The van der Waals surface area contributed by atoms with Crippen molar-refractivity contribution in [1.29, 1.82) is 0 Å². The molecule has 6 nitrogen and oxygen atoms in total. The van der Waals surface area contributed by atoms with Gasteiger partial charge in [-0.3, -0.25) is 14.3 Å². The van der Waals surface area contributed by atoms with Crippen molar-refractivity contribution >= 4 is 11.9 Å². The van der Waals surface area contributed by atoms with Crippen molar-refractivity contribution in [2.75, 3.05) is 6.54 Å². The third-order valence-corrected chi connectivity index (χ3v) is 3.15. The van der Waals surface area contributed by atoms with Gasteiger partial charge in [0.25, 0.3) is 5.91 Å². The first-order chi connectivity index (χ1) is 9.04. The molecule has 0 aliphatic rings. The Kier molecular flexibility index (Phi) is 4.57. The van der Waals surface area contributed by atoms with E-state index in [1.54, 1.807) is 24.7 Å². The van der Waals surface area contributed by atoms with Gasteiger partial charge in [0.1, 0.15) is 0 Å². The predicted molar refractivity (Wildman–Crippen MR) is 75.6 cm³/mol. The summed E-state index contributed by atoms with van der Waals surface area (Å²) in [6, 6.07) is 0. The molecule has 2 N–H and O–H groups in total. The standard InChI is InChI=1S/C14H23N3O3/c1-13(2,3)17-9-10(8-16-17)11(18)15-7-6-14(4,5)12(19)20/h8-9H,6-7H2,1-5H3,(H,15,18)(H,19,20). The number of nitrogens with one attached hydrogen (secondary N) is 1. The van der Waals surface area contributed by atoms with Gasteiger partial charge in [0, 0.05) is 12.7 Å². The molecule has 112 valence electrons. The molecular formula is C14H23N3O3. The molecule has 1 amide bonds. The van der Waals surface area contributed by atoms with Crippen LogP contribution in [0.5, 0.6) is 0 Å². The van der Waals surface area contributed by atoms with Crippen LogP contribution in [0.4, 0.5) is 0 Å². The van der Waals surface area contributed by atoms with Crippen LogP contribution in [0.2, 0.25) is 0 Å². The third-order valence-electron chi connectivity index (χ3n) is 3.15. The average Bonchev–Trinajstić information content (AvgIpc) is 2.77. The smallest absolute Gasteiger partial charge is 0.309 e. The lowest BCUT2D eigenvalue weighted by molar-refractivity contribution is -0.147. The molecule has 0 unspecified atom stereocenters. The van der Waals surface area contributed by atoms with Crippen LogP contribution in [0.25, 0.3) is 0 Å². The lowest BCUT2D eigenvalue weighted by atomic mass is 9.90. The topological polar surface area (TPSA) is 84.2 Å². The Hall–Kier alpha value is -1.85. The van der Waals surface area contributed by atoms with E-state index in [4.69, 9.17) is 5.11 Å². The molecule has 0 bridgehead atoms. The molecule has 0 aliphatic carbocycles. The van der Waals surface area contributed by atoms with Gasteiger partial charge in [0.05, 0.1) is 22.7 Å². The molecule has 0 spiro atoms. The maximum atomic E-state index is 11.9. The fraction of sp³-hybridized carbons (Fsp3) is 0.643. The Labute approximate surface area is 119 Å². The van der Waals surface area contributed by atoms with Crippen molar-refractivity contribution in [2.45, 2.75) is 46.6 Å². The second-order valence-electron chi connectivity index (χ2n) is 6.54. The summed E-state index contributed by atoms with van der Waals surface area (Å²) in [6.45, 7) is 9.59. The molecule has 1 aromatic rings. The van der Waals surface area contributed by atoms with Crippen LogP contribution in [0.15, 0.2) is 12.4 Å². The fourth-order valence-corrected chi connectivity index (χ4v) is 1.50.